The number of carboxylic acid groups (broad SMARTS) is 1. The highest BCUT2D eigenvalue weighted by Gasteiger charge is 2.53. The molecule has 0 bridgehead atoms. The summed E-state index contributed by atoms with van der Waals surface area (Å²) in [6.07, 6.45) is -4.58. The lowest BCUT2D eigenvalue weighted by Gasteiger charge is -2.17. The van der Waals surface area contributed by atoms with Crippen LogP contribution < -0.4 is 4.90 Å². The van der Waals surface area contributed by atoms with Crippen LogP contribution in [0.5, 0.6) is 0 Å². The largest absolute Gasteiger partial charge is 0.481 e. The van der Waals surface area contributed by atoms with Crippen LogP contribution in [0.4, 0.5) is 18.3 Å². The number of anilines is 1. The van der Waals surface area contributed by atoms with E-state index in [4.69, 9.17) is 5.11 Å². The third-order valence-electron chi connectivity index (χ3n) is 3.45. The average Bonchev–Trinajstić information content (AvgIpc) is 2.90. The fourth-order valence-corrected chi connectivity index (χ4v) is 3.36. The first-order valence-corrected chi connectivity index (χ1v) is 6.95. The molecule has 0 amide bonds. The summed E-state index contributed by atoms with van der Waals surface area (Å²) in [5.74, 6) is -5.19. The van der Waals surface area contributed by atoms with E-state index in [1.807, 2.05) is 0 Å². The van der Waals surface area contributed by atoms with Crippen molar-refractivity contribution in [1.82, 2.24) is 4.98 Å². The quantitative estimate of drug-likeness (QED) is 0.865. The van der Waals surface area contributed by atoms with Gasteiger partial charge in [-0.2, -0.15) is 13.2 Å². The molecule has 0 radical (unpaired) electrons. The van der Waals surface area contributed by atoms with Gasteiger partial charge in [0, 0.05) is 24.9 Å². The van der Waals surface area contributed by atoms with Crippen molar-refractivity contribution < 1.29 is 27.9 Å². The summed E-state index contributed by atoms with van der Waals surface area (Å²) < 4.78 is 38.7. The molecule has 5 nitrogen and oxygen atoms in total. The van der Waals surface area contributed by atoms with Crippen molar-refractivity contribution in [3.8, 4) is 0 Å². The number of thiazole rings is 1. The lowest BCUT2D eigenvalue weighted by atomic mass is 9.96. The summed E-state index contributed by atoms with van der Waals surface area (Å²) in [7, 11) is 0. The fraction of sp³-hybridized carbons (Fsp3) is 0.583. The Bertz CT molecular complexity index is 585. The summed E-state index contributed by atoms with van der Waals surface area (Å²) in [5.41, 5.74) is 0.220. The monoisotopic (exact) mass is 322 g/mol. The first-order valence-electron chi connectivity index (χ1n) is 6.14. The van der Waals surface area contributed by atoms with E-state index in [2.05, 4.69) is 4.98 Å². The van der Waals surface area contributed by atoms with E-state index in [9.17, 15) is 22.8 Å². The second kappa shape index (κ2) is 5.28. The maximum absolute atomic E-state index is 12.9. The highest BCUT2D eigenvalue weighted by atomic mass is 32.1. The van der Waals surface area contributed by atoms with E-state index in [-0.39, 0.29) is 23.2 Å². The number of aliphatic carboxylic acids is 1. The van der Waals surface area contributed by atoms with E-state index >= 15 is 0 Å². The van der Waals surface area contributed by atoms with Gasteiger partial charge in [-0.1, -0.05) is 0 Å². The third-order valence-corrected chi connectivity index (χ3v) is 4.48. The Morgan fingerprint density at radius 2 is 2.00 bits per heavy atom. The lowest BCUT2D eigenvalue weighted by Crippen LogP contribution is -2.33. The first kappa shape index (κ1) is 15.7. The molecule has 1 aromatic heterocycles. The molecule has 0 spiro atoms. The predicted molar refractivity (Wildman–Crippen MR) is 69.7 cm³/mol. The number of hydrogen-bond donors (Lipinski definition) is 1. The van der Waals surface area contributed by atoms with Crippen molar-refractivity contribution in [3.05, 3.63) is 10.6 Å². The minimum Gasteiger partial charge on any atom is -0.481 e. The normalized spacial score (nSPS) is 22.6. The number of hydrogen-bond acceptors (Lipinski definition) is 5. The summed E-state index contributed by atoms with van der Waals surface area (Å²) in [6, 6.07) is 0. The van der Waals surface area contributed by atoms with Gasteiger partial charge in [0.25, 0.3) is 0 Å². The van der Waals surface area contributed by atoms with Crippen LogP contribution in [-0.2, 0) is 4.79 Å². The lowest BCUT2D eigenvalue weighted by molar-refractivity contribution is -0.187. The number of carboxylic acids is 1. The van der Waals surface area contributed by atoms with Gasteiger partial charge < -0.3 is 10.0 Å². The number of Topliss-reactive ketones (excluding diaryl/α,β-unsaturated/α-hetero) is 1. The fourth-order valence-electron chi connectivity index (χ4n) is 2.39. The number of carbonyl (C=O) groups is 2. The zero-order valence-electron chi connectivity index (χ0n) is 11.3. The molecule has 21 heavy (non-hydrogen) atoms. The second-order valence-electron chi connectivity index (χ2n) is 4.96. The number of rotatable bonds is 3. The van der Waals surface area contributed by atoms with Crippen molar-refractivity contribution in [2.24, 2.45) is 11.8 Å². The molecule has 1 aliphatic heterocycles. The maximum atomic E-state index is 12.9. The molecule has 1 aromatic rings. The molecular weight excluding hydrogens is 309 g/mol. The highest BCUT2D eigenvalue weighted by Crippen LogP contribution is 2.40. The van der Waals surface area contributed by atoms with Crippen LogP contribution in [0.25, 0.3) is 0 Å². The summed E-state index contributed by atoms with van der Waals surface area (Å²) in [4.78, 5) is 28.3. The molecule has 116 valence electrons. The van der Waals surface area contributed by atoms with Crippen LogP contribution in [0.15, 0.2) is 0 Å². The Kier molecular flexibility index (Phi) is 3.96. The number of aromatic nitrogens is 1. The summed E-state index contributed by atoms with van der Waals surface area (Å²) >= 11 is 1.10. The number of carbonyl (C=O) groups excluding carboxylic acids is 1. The van der Waals surface area contributed by atoms with Crippen molar-refractivity contribution in [2.45, 2.75) is 20.0 Å². The van der Waals surface area contributed by atoms with Crippen LogP contribution in [0.1, 0.15) is 22.3 Å². The van der Waals surface area contributed by atoms with Gasteiger partial charge >= 0.3 is 12.1 Å². The smallest absolute Gasteiger partial charge is 0.394 e. The van der Waals surface area contributed by atoms with Crippen molar-refractivity contribution in [3.63, 3.8) is 0 Å². The standard InChI is InChI=1S/C12H13F3N2O3S/c1-5(18)9-6(2)21-11(16-9)17-3-7(10(19)20)8(4-17)12(13,14)15/h7-8H,3-4H2,1-2H3,(H,19,20)/t7-,8-/m1/s1. The maximum Gasteiger partial charge on any atom is 0.394 e. The second-order valence-corrected chi connectivity index (χ2v) is 6.14. The molecule has 1 saturated heterocycles. The molecular formula is C12H13F3N2O3S. The zero-order chi connectivity index (χ0) is 15.9. The minimum absolute atomic E-state index is 0.220. The predicted octanol–water partition coefficient (Wildman–Crippen LogP) is 2.35. The molecule has 1 N–H and O–H groups in total. The third kappa shape index (κ3) is 3.02. The molecule has 9 heteroatoms. The molecule has 2 heterocycles. The summed E-state index contributed by atoms with van der Waals surface area (Å²) in [5, 5.41) is 9.22. The van der Waals surface area contributed by atoms with Gasteiger partial charge in [-0.15, -0.1) is 11.3 Å². The number of ketones is 1. The molecule has 1 fully saturated rings. The van der Waals surface area contributed by atoms with Crippen LogP contribution in [0.3, 0.4) is 0 Å². The zero-order valence-corrected chi connectivity index (χ0v) is 12.1. The van der Waals surface area contributed by atoms with Gasteiger partial charge in [0.05, 0.1) is 11.8 Å². The van der Waals surface area contributed by atoms with Gasteiger partial charge in [-0.3, -0.25) is 9.59 Å². The number of halogens is 3. The Morgan fingerprint density at radius 1 is 1.38 bits per heavy atom. The number of alkyl halides is 3. The van der Waals surface area contributed by atoms with Gasteiger partial charge in [0.15, 0.2) is 10.9 Å². The molecule has 0 saturated carbocycles. The average molecular weight is 322 g/mol. The Labute approximate surface area is 122 Å². The van der Waals surface area contributed by atoms with Gasteiger partial charge in [-0.25, -0.2) is 4.98 Å². The minimum atomic E-state index is -4.58. The highest BCUT2D eigenvalue weighted by molar-refractivity contribution is 7.15. The SMILES string of the molecule is CC(=O)c1nc(N2C[C@@H](C(F)(F)F)[C@H](C(=O)O)C2)sc1C. The van der Waals surface area contributed by atoms with Crippen LogP contribution in [0, 0.1) is 18.8 Å². The van der Waals surface area contributed by atoms with Crippen molar-refractivity contribution >= 4 is 28.2 Å². The molecule has 2 atom stereocenters. The van der Waals surface area contributed by atoms with Gasteiger partial charge in [0.1, 0.15) is 5.69 Å². The van der Waals surface area contributed by atoms with E-state index in [0.29, 0.717) is 4.88 Å². The van der Waals surface area contributed by atoms with E-state index in [0.717, 1.165) is 11.3 Å². The van der Waals surface area contributed by atoms with E-state index in [1.165, 1.54) is 11.8 Å². The molecule has 1 aliphatic rings. The Hall–Kier alpha value is -1.64. The van der Waals surface area contributed by atoms with E-state index < -0.39 is 30.5 Å². The van der Waals surface area contributed by atoms with Crippen molar-refractivity contribution in [1.29, 1.82) is 0 Å². The van der Waals surface area contributed by atoms with Gasteiger partial charge in [0.2, 0.25) is 0 Å². The molecule has 0 aliphatic carbocycles. The Morgan fingerprint density at radius 3 is 2.38 bits per heavy atom. The van der Waals surface area contributed by atoms with Gasteiger partial charge in [-0.05, 0) is 6.92 Å². The van der Waals surface area contributed by atoms with Crippen LogP contribution in [-0.4, -0.2) is 41.1 Å². The Balaban J connectivity index is 2.29. The molecule has 0 unspecified atom stereocenters. The number of nitrogens with zero attached hydrogens (tertiary/aromatic N) is 2. The molecule has 2 rings (SSSR count). The van der Waals surface area contributed by atoms with E-state index in [1.54, 1.807) is 6.92 Å². The van der Waals surface area contributed by atoms with Crippen LogP contribution in [0.2, 0.25) is 0 Å². The topological polar surface area (TPSA) is 70.5 Å². The first-order chi connectivity index (χ1) is 9.61. The number of aryl methyl sites for hydroxylation is 1. The van der Waals surface area contributed by atoms with Crippen LogP contribution >= 0.6 is 11.3 Å². The molecule has 0 aromatic carbocycles. The summed E-state index contributed by atoms with van der Waals surface area (Å²) in [6.45, 7) is 2.27. The van der Waals surface area contributed by atoms with Crippen molar-refractivity contribution in [2.75, 3.05) is 18.0 Å².